The van der Waals surface area contributed by atoms with Gasteiger partial charge in [-0.25, -0.2) is 9.78 Å². The predicted molar refractivity (Wildman–Crippen MR) is 107 cm³/mol. The fourth-order valence-electron chi connectivity index (χ4n) is 3.92. The average Bonchev–Trinajstić information content (AvgIpc) is 3.37. The van der Waals surface area contributed by atoms with Gasteiger partial charge < -0.3 is 14.0 Å². The quantitative estimate of drug-likeness (QED) is 0.567. The van der Waals surface area contributed by atoms with Gasteiger partial charge in [-0.05, 0) is 38.9 Å². The second-order valence-electron chi connectivity index (χ2n) is 7.68. The van der Waals surface area contributed by atoms with Crippen molar-refractivity contribution >= 4 is 11.2 Å². The SMILES string of the molecule is Cn1c(=O)c2c(ncn2CCc2noc(CCCN3CCCCC3)n2)n(C)c1=O. The van der Waals surface area contributed by atoms with E-state index in [-0.39, 0.29) is 11.2 Å². The summed E-state index contributed by atoms with van der Waals surface area (Å²) in [5.41, 5.74) is 0.0386. The molecule has 0 unspecified atom stereocenters. The summed E-state index contributed by atoms with van der Waals surface area (Å²) in [6.07, 6.45) is 7.82. The largest absolute Gasteiger partial charge is 0.339 e. The highest BCUT2D eigenvalue weighted by molar-refractivity contribution is 5.69. The molecule has 1 fully saturated rings. The number of aromatic nitrogens is 6. The minimum atomic E-state index is -0.389. The van der Waals surface area contributed by atoms with Gasteiger partial charge in [0, 0.05) is 33.5 Å². The van der Waals surface area contributed by atoms with Crippen molar-refractivity contribution in [3.63, 3.8) is 0 Å². The molecule has 156 valence electrons. The molecule has 1 aliphatic heterocycles. The molecule has 4 heterocycles. The Bertz CT molecular complexity index is 1100. The van der Waals surface area contributed by atoms with Crippen LogP contribution in [0, 0.1) is 0 Å². The first kappa shape index (κ1) is 19.6. The molecule has 0 atom stereocenters. The van der Waals surface area contributed by atoms with E-state index in [1.807, 2.05) is 0 Å². The lowest BCUT2D eigenvalue weighted by Gasteiger charge is -2.25. The molecule has 1 saturated heterocycles. The van der Waals surface area contributed by atoms with Gasteiger partial charge in [-0.15, -0.1) is 0 Å². The van der Waals surface area contributed by atoms with Crippen LogP contribution in [0.5, 0.6) is 0 Å². The first-order chi connectivity index (χ1) is 14.0. The second-order valence-corrected chi connectivity index (χ2v) is 7.68. The van der Waals surface area contributed by atoms with E-state index in [0.717, 1.165) is 24.0 Å². The second kappa shape index (κ2) is 8.32. The summed E-state index contributed by atoms with van der Waals surface area (Å²) in [7, 11) is 3.08. The van der Waals surface area contributed by atoms with E-state index < -0.39 is 0 Å². The van der Waals surface area contributed by atoms with E-state index in [1.54, 1.807) is 17.9 Å². The summed E-state index contributed by atoms with van der Waals surface area (Å²) in [5, 5.41) is 4.06. The van der Waals surface area contributed by atoms with Gasteiger partial charge in [-0.2, -0.15) is 4.98 Å². The molecule has 0 saturated carbocycles. The summed E-state index contributed by atoms with van der Waals surface area (Å²) >= 11 is 0. The van der Waals surface area contributed by atoms with Crippen molar-refractivity contribution in [1.82, 2.24) is 33.7 Å². The molecule has 29 heavy (non-hydrogen) atoms. The molecule has 1 aliphatic rings. The van der Waals surface area contributed by atoms with Crippen molar-refractivity contribution in [2.24, 2.45) is 14.1 Å². The first-order valence-electron chi connectivity index (χ1n) is 10.2. The van der Waals surface area contributed by atoms with E-state index in [0.29, 0.717) is 35.8 Å². The lowest BCUT2D eigenvalue weighted by Crippen LogP contribution is -2.37. The Hall–Kier alpha value is -2.75. The van der Waals surface area contributed by atoms with Crippen LogP contribution in [0.25, 0.3) is 11.2 Å². The minimum Gasteiger partial charge on any atom is -0.339 e. The van der Waals surface area contributed by atoms with Gasteiger partial charge in [-0.1, -0.05) is 11.6 Å². The number of hydrogen-bond donors (Lipinski definition) is 0. The molecule has 3 aromatic heterocycles. The third-order valence-corrected chi connectivity index (χ3v) is 5.62. The number of hydrogen-bond acceptors (Lipinski definition) is 7. The van der Waals surface area contributed by atoms with Crippen molar-refractivity contribution in [1.29, 1.82) is 0 Å². The lowest BCUT2D eigenvalue weighted by molar-refractivity contribution is 0.223. The van der Waals surface area contributed by atoms with Crippen molar-refractivity contribution in [3.8, 4) is 0 Å². The maximum absolute atomic E-state index is 12.5. The van der Waals surface area contributed by atoms with Gasteiger partial charge in [0.2, 0.25) is 5.89 Å². The molecule has 3 aromatic rings. The van der Waals surface area contributed by atoms with E-state index >= 15 is 0 Å². The molecule has 0 amide bonds. The predicted octanol–water partition coefficient (Wildman–Crippen LogP) is 0.478. The number of rotatable bonds is 7. The first-order valence-corrected chi connectivity index (χ1v) is 10.2. The Morgan fingerprint density at radius 3 is 2.62 bits per heavy atom. The molecule has 4 rings (SSSR count). The van der Waals surface area contributed by atoms with Gasteiger partial charge in [0.1, 0.15) is 0 Å². The van der Waals surface area contributed by atoms with Gasteiger partial charge in [0.05, 0.1) is 6.33 Å². The molecule has 0 bridgehead atoms. The molecule has 0 aromatic carbocycles. The van der Waals surface area contributed by atoms with Crippen LogP contribution in [0.4, 0.5) is 0 Å². The monoisotopic (exact) mass is 401 g/mol. The minimum absolute atomic E-state index is 0.355. The van der Waals surface area contributed by atoms with Crippen LogP contribution in [0.15, 0.2) is 20.4 Å². The van der Waals surface area contributed by atoms with Crippen LogP contribution in [0.2, 0.25) is 0 Å². The molecule has 0 N–H and O–H groups in total. The Morgan fingerprint density at radius 1 is 1.03 bits per heavy atom. The zero-order valence-corrected chi connectivity index (χ0v) is 17.0. The third-order valence-electron chi connectivity index (χ3n) is 5.62. The summed E-state index contributed by atoms with van der Waals surface area (Å²) in [5.74, 6) is 1.27. The number of likely N-dealkylation sites (tertiary alicyclic amines) is 1. The average molecular weight is 401 g/mol. The Kier molecular flexibility index (Phi) is 5.61. The molecule has 0 spiro atoms. The maximum Gasteiger partial charge on any atom is 0.332 e. The van der Waals surface area contributed by atoms with Crippen LogP contribution in [-0.4, -0.2) is 53.4 Å². The van der Waals surface area contributed by atoms with Crippen LogP contribution in [0.1, 0.15) is 37.4 Å². The van der Waals surface area contributed by atoms with Gasteiger partial charge in [0.15, 0.2) is 17.0 Å². The van der Waals surface area contributed by atoms with Crippen molar-refractivity contribution in [3.05, 3.63) is 38.9 Å². The topological polar surface area (TPSA) is 104 Å². The Balaban J connectivity index is 1.37. The van der Waals surface area contributed by atoms with Crippen LogP contribution >= 0.6 is 0 Å². The summed E-state index contributed by atoms with van der Waals surface area (Å²) in [6, 6.07) is 0. The van der Waals surface area contributed by atoms with Gasteiger partial charge in [0.25, 0.3) is 5.56 Å². The summed E-state index contributed by atoms with van der Waals surface area (Å²) in [6.45, 7) is 3.94. The number of imidazole rings is 1. The summed E-state index contributed by atoms with van der Waals surface area (Å²) in [4.78, 5) is 35.7. The van der Waals surface area contributed by atoms with Crippen LogP contribution in [-0.2, 0) is 33.5 Å². The van der Waals surface area contributed by atoms with E-state index in [1.165, 1.54) is 44.0 Å². The highest BCUT2D eigenvalue weighted by Gasteiger charge is 2.15. The van der Waals surface area contributed by atoms with E-state index in [4.69, 9.17) is 4.52 Å². The molecule has 0 radical (unpaired) electrons. The van der Waals surface area contributed by atoms with Crippen LogP contribution in [0.3, 0.4) is 0 Å². The highest BCUT2D eigenvalue weighted by atomic mass is 16.5. The Morgan fingerprint density at radius 2 is 1.83 bits per heavy atom. The number of nitrogens with zero attached hydrogens (tertiary/aromatic N) is 7. The smallest absolute Gasteiger partial charge is 0.332 e. The molecular weight excluding hydrogens is 374 g/mol. The fourth-order valence-corrected chi connectivity index (χ4v) is 3.92. The van der Waals surface area contributed by atoms with Gasteiger partial charge >= 0.3 is 5.69 Å². The highest BCUT2D eigenvalue weighted by Crippen LogP contribution is 2.11. The normalized spacial score (nSPS) is 15.4. The third kappa shape index (κ3) is 4.02. The number of piperidine rings is 1. The number of aryl methyl sites for hydroxylation is 4. The maximum atomic E-state index is 12.5. The number of fused-ring (bicyclic) bond motifs is 1. The zero-order chi connectivity index (χ0) is 20.4. The van der Waals surface area contributed by atoms with Crippen LogP contribution < -0.4 is 11.2 Å². The standard InChI is InChI=1S/C19H27N7O3/c1-23-17-16(18(27)24(2)19(23)28)26(13-20-17)12-8-14-21-15(29-22-14)7-6-11-25-9-4-3-5-10-25/h13H,3-12H2,1-2H3. The van der Waals surface area contributed by atoms with Gasteiger partial charge in [-0.3, -0.25) is 13.9 Å². The zero-order valence-electron chi connectivity index (χ0n) is 17.0. The fraction of sp³-hybridized carbons (Fsp3) is 0.632. The lowest BCUT2D eigenvalue weighted by atomic mass is 10.1. The molecule has 0 aliphatic carbocycles. The van der Waals surface area contributed by atoms with Crippen molar-refractivity contribution in [2.45, 2.75) is 45.1 Å². The molecule has 10 heteroatoms. The Labute approximate surface area is 167 Å². The molecule has 10 nitrogen and oxygen atoms in total. The van der Waals surface area contributed by atoms with Crippen molar-refractivity contribution < 1.29 is 4.52 Å². The molecular formula is C19H27N7O3. The van der Waals surface area contributed by atoms with E-state index in [2.05, 4.69) is 20.0 Å². The summed E-state index contributed by atoms with van der Waals surface area (Å²) < 4.78 is 9.58. The van der Waals surface area contributed by atoms with E-state index in [9.17, 15) is 9.59 Å². The van der Waals surface area contributed by atoms with Crippen molar-refractivity contribution in [2.75, 3.05) is 19.6 Å².